The Morgan fingerprint density at radius 1 is 1.50 bits per heavy atom. The number of amides is 2. The van der Waals surface area contributed by atoms with Crippen molar-refractivity contribution >= 4 is 23.4 Å². The normalized spacial score (nSPS) is 26.6. The number of carbonyl (C=O) groups excluding carboxylic acids is 2. The fraction of sp³-hybridized carbons (Fsp3) is 0.429. The van der Waals surface area contributed by atoms with Gasteiger partial charge in [-0.2, -0.15) is 0 Å². The van der Waals surface area contributed by atoms with E-state index < -0.39 is 5.91 Å². The maximum Gasteiger partial charge on any atom is 0.236 e. The van der Waals surface area contributed by atoms with Crippen molar-refractivity contribution in [1.29, 1.82) is 0 Å². The number of primary amides is 1. The fourth-order valence-electron chi connectivity index (χ4n) is 3.02. The van der Waals surface area contributed by atoms with Crippen molar-refractivity contribution < 1.29 is 14.3 Å². The molecule has 1 saturated carbocycles. The summed E-state index contributed by atoms with van der Waals surface area (Å²) in [5, 5.41) is 3.21. The van der Waals surface area contributed by atoms with Crippen LogP contribution in [0.5, 0.6) is 5.75 Å². The molecule has 2 atom stereocenters. The summed E-state index contributed by atoms with van der Waals surface area (Å²) in [5.74, 6) is -0.00563. The van der Waals surface area contributed by atoms with Gasteiger partial charge in [-0.05, 0) is 31.0 Å². The average Bonchev–Trinajstić information content (AvgIpc) is 3.12. The van der Waals surface area contributed by atoms with E-state index in [2.05, 4.69) is 5.32 Å². The Balaban J connectivity index is 1.81. The van der Waals surface area contributed by atoms with Crippen LogP contribution in [0.25, 0.3) is 0 Å². The van der Waals surface area contributed by atoms with Crippen molar-refractivity contribution in [3.63, 3.8) is 0 Å². The highest BCUT2D eigenvalue weighted by atomic mass is 35.5. The molecule has 1 aliphatic heterocycles. The molecule has 0 bridgehead atoms. The molecule has 2 amide bonds. The minimum Gasteiger partial charge on any atom is -0.493 e. The van der Waals surface area contributed by atoms with Gasteiger partial charge in [0.1, 0.15) is 5.75 Å². The quantitative estimate of drug-likeness (QED) is 0.872. The van der Waals surface area contributed by atoms with Crippen molar-refractivity contribution in [2.75, 3.05) is 13.2 Å². The summed E-state index contributed by atoms with van der Waals surface area (Å²) in [6.45, 7) is 0.471. The molecule has 1 aromatic rings. The highest BCUT2D eigenvalue weighted by Crippen LogP contribution is 2.61. The van der Waals surface area contributed by atoms with E-state index in [9.17, 15) is 9.59 Å². The summed E-state index contributed by atoms with van der Waals surface area (Å²) in [6, 6.07) is 5.50. The van der Waals surface area contributed by atoms with E-state index in [4.69, 9.17) is 22.1 Å². The summed E-state index contributed by atoms with van der Waals surface area (Å²) in [6.07, 6.45) is 1.54. The second-order valence-corrected chi connectivity index (χ2v) is 5.77. The zero-order valence-corrected chi connectivity index (χ0v) is 11.6. The van der Waals surface area contributed by atoms with Crippen LogP contribution < -0.4 is 15.8 Å². The standard InChI is InChI=1S/C14H15ClN2O3/c15-8-1-2-11-9(5-8)14(3-4-20-11)6-10(14)13(19)17-7-12(16)18/h1-2,5,10H,3-4,6-7H2,(H2,16,18)(H,17,19)/t10-,14-/m0/s1. The molecule has 1 aliphatic carbocycles. The minimum atomic E-state index is -0.538. The molecule has 0 radical (unpaired) electrons. The number of nitrogens with two attached hydrogens (primary N) is 1. The first-order valence-corrected chi connectivity index (χ1v) is 6.89. The van der Waals surface area contributed by atoms with Crippen LogP contribution in [0.15, 0.2) is 18.2 Å². The van der Waals surface area contributed by atoms with Gasteiger partial charge in [-0.3, -0.25) is 9.59 Å². The molecule has 5 nitrogen and oxygen atoms in total. The van der Waals surface area contributed by atoms with E-state index in [1.807, 2.05) is 12.1 Å². The van der Waals surface area contributed by atoms with Gasteiger partial charge < -0.3 is 15.8 Å². The molecule has 0 saturated heterocycles. The van der Waals surface area contributed by atoms with Crippen LogP contribution in [0.1, 0.15) is 18.4 Å². The maximum atomic E-state index is 12.1. The molecule has 3 N–H and O–H groups in total. The zero-order chi connectivity index (χ0) is 14.3. The lowest BCUT2D eigenvalue weighted by molar-refractivity contribution is -0.126. The number of hydrogen-bond acceptors (Lipinski definition) is 3. The summed E-state index contributed by atoms with van der Waals surface area (Å²) < 4.78 is 5.62. The van der Waals surface area contributed by atoms with Gasteiger partial charge in [-0.25, -0.2) is 0 Å². The van der Waals surface area contributed by atoms with Crippen LogP contribution in [-0.4, -0.2) is 25.0 Å². The Bertz CT molecular complexity index is 590. The van der Waals surface area contributed by atoms with Crippen molar-refractivity contribution in [2.24, 2.45) is 11.7 Å². The SMILES string of the molecule is NC(=O)CNC(=O)[C@@H]1C[C@]12CCOc1ccc(Cl)cc12. The summed E-state index contributed by atoms with van der Waals surface area (Å²) in [7, 11) is 0. The Labute approximate surface area is 121 Å². The number of ether oxygens (including phenoxy) is 1. The summed E-state index contributed by atoms with van der Waals surface area (Å²) in [4.78, 5) is 22.8. The van der Waals surface area contributed by atoms with E-state index >= 15 is 0 Å². The molecular formula is C14H15ClN2O3. The Kier molecular flexibility index (Phi) is 3.09. The van der Waals surface area contributed by atoms with Gasteiger partial charge in [-0.1, -0.05) is 11.6 Å². The van der Waals surface area contributed by atoms with Crippen LogP contribution in [0.3, 0.4) is 0 Å². The van der Waals surface area contributed by atoms with Gasteiger partial charge in [0.25, 0.3) is 0 Å². The first-order chi connectivity index (χ1) is 9.53. The Morgan fingerprint density at radius 2 is 2.30 bits per heavy atom. The minimum absolute atomic E-state index is 0.121. The lowest BCUT2D eigenvalue weighted by Crippen LogP contribution is -2.36. The molecular weight excluding hydrogens is 280 g/mol. The number of hydrogen-bond donors (Lipinski definition) is 2. The highest BCUT2D eigenvalue weighted by molar-refractivity contribution is 6.30. The van der Waals surface area contributed by atoms with Gasteiger partial charge in [0.2, 0.25) is 11.8 Å². The third kappa shape index (κ3) is 2.12. The maximum absolute atomic E-state index is 12.1. The first-order valence-electron chi connectivity index (χ1n) is 6.52. The van der Waals surface area contributed by atoms with Crippen molar-refractivity contribution in [3.8, 4) is 5.75 Å². The topological polar surface area (TPSA) is 81.4 Å². The third-order valence-corrected chi connectivity index (χ3v) is 4.35. The molecule has 106 valence electrons. The smallest absolute Gasteiger partial charge is 0.236 e. The van der Waals surface area contributed by atoms with E-state index in [0.29, 0.717) is 11.6 Å². The van der Waals surface area contributed by atoms with Crippen LogP contribution >= 0.6 is 11.6 Å². The lowest BCUT2D eigenvalue weighted by atomic mass is 9.87. The molecule has 1 spiro atoms. The first kappa shape index (κ1) is 13.2. The third-order valence-electron chi connectivity index (χ3n) is 4.11. The molecule has 3 rings (SSSR count). The fourth-order valence-corrected chi connectivity index (χ4v) is 3.19. The second-order valence-electron chi connectivity index (χ2n) is 5.34. The summed E-state index contributed by atoms with van der Waals surface area (Å²) in [5.41, 5.74) is 5.84. The molecule has 1 fully saturated rings. The van der Waals surface area contributed by atoms with Gasteiger partial charge in [0, 0.05) is 21.9 Å². The second kappa shape index (κ2) is 4.66. The number of benzene rings is 1. The monoisotopic (exact) mass is 294 g/mol. The zero-order valence-electron chi connectivity index (χ0n) is 10.8. The molecule has 6 heteroatoms. The number of nitrogens with one attached hydrogen (secondary N) is 1. The van der Waals surface area contributed by atoms with E-state index in [0.717, 1.165) is 24.2 Å². The number of rotatable bonds is 3. The predicted molar refractivity (Wildman–Crippen MR) is 73.6 cm³/mol. The molecule has 20 heavy (non-hydrogen) atoms. The number of carbonyl (C=O) groups is 2. The lowest BCUT2D eigenvalue weighted by Gasteiger charge is -2.27. The van der Waals surface area contributed by atoms with Crippen molar-refractivity contribution in [2.45, 2.75) is 18.3 Å². The van der Waals surface area contributed by atoms with Crippen LogP contribution in [0.4, 0.5) is 0 Å². The van der Waals surface area contributed by atoms with E-state index in [1.165, 1.54) is 0 Å². The van der Waals surface area contributed by atoms with Crippen molar-refractivity contribution in [1.82, 2.24) is 5.32 Å². The largest absolute Gasteiger partial charge is 0.493 e. The Morgan fingerprint density at radius 3 is 3.05 bits per heavy atom. The number of fused-ring (bicyclic) bond motifs is 2. The highest BCUT2D eigenvalue weighted by Gasteiger charge is 2.61. The molecule has 0 unspecified atom stereocenters. The van der Waals surface area contributed by atoms with Gasteiger partial charge in [0.05, 0.1) is 13.2 Å². The van der Waals surface area contributed by atoms with E-state index in [1.54, 1.807) is 6.07 Å². The molecule has 0 aromatic heterocycles. The van der Waals surface area contributed by atoms with Crippen LogP contribution in [0.2, 0.25) is 5.02 Å². The summed E-state index contributed by atoms with van der Waals surface area (Å²) >= 11 is 6.04. The van der Waals surface area contributed by atoms with Crippen LogP contribution in [0, 0.1) is 5.92 Å². The Hall–Kier alpha value is -1.75. The van der Waals surface area contributed by atoms with Crippen LogP contribution in [-0.2, 0) is 15.0 Å². The average molecular weight is 295 g/mol. The number of halogens is 1. The van der Waals surface area contributed by atoms with Gasteiger partial charge in [-0.15, -0.1) is 0 Å². The van der Waals surface area contributed by atoms with Gasteiger partial charge >= 0.3 is 0 Å². The molecule has 2 aliphatic rings. The van der Waals surface area contributed by atoms with E-state index in [-0.39, 0.29) is 23.8 Å². The molecule has 1 heterocycles. The van der Waals surface area contributed by atoms with Gasteiger partial charge in [0.15, 0.2) is 0 Å². The molecule has 1 aromatic carbocycles. The van der Waals surface area contributed by atoms with Crippen molar-refractivity contribution in [3.05, 3.63) is 28.8 Å². The predicted octanol–water partition coefficient (Wildman–Crippen LogP) is 0.982.